The monoisotopic (exact) mass is 206 g/mol. The highest BCUT2D eigenvalue weighted by Crippen LogP contribution is 2.11. The second-order valence-corrected chi connectivity index (χ2v) is 3.90. The number of rotatable bonds is 5. The van der Waals surface area contributed by atoms with Gasteiger partial charge in [-0.25, -0.2) is 0 Å². The summed E-state index contributed by atoms with van der Waals surface area (Å²) in [5.74, 6) is 0.143. The summed E-state index contributed by atoms with van der Waals surface area (Å²) in [6.07, 6.45) is -0.0253. The van der Waals surface area contributed by atoms with Gasteiger partial charge in [-0.05, 0) is 19.4 Å². The van der Waals surface area contributed by atoms with Crippen molar-refractivity contribution < 1.29 is 9.53 Å². The van der Waals surface area contributed by atoms with Crippen LogP contribution < -0.4 is 0 Å². The van der Waals surface area contributed by atoms with Crippen LogP contribution in [0.5, 0.6) is 0 Å². The lowest BCUT2D eigenvalue weighted by atomic mass is 10.0. The van der Waals surface area contributed by atoms with E-state index in [1.165, 1.54) is 0 Å². The number of ether oxygens (including phenoxy) is 1. The van der Waals surface area contributed by atoms with Gasteiger partial charge < -0.3 is 4.74 Å². The van der Waals surface area contributed by atoms with Crippen LogP contribution in [-0.4, -0.2) is 11.9 Å². The van der Waals surface area contributed by atoms with E-state index in [0.29, 0.717) is 6.61 Å². The topological polar surface area (TPSA) is 26.3 Å². The molecule has 0 aromatic heterocycles. The van der Waals surface area contributed by atoms with Crippen molar-refractivity contribution in [2.75, 3.05) is 0 Å². The van der Waals surface area contributed by atoms with Crippen LogP contribution in [0.15, 0.2) is 30.3 Å². The van der Waals surface area contributed by atoms with E-state index in [4.69, 9.17) is 4.74 Å². The standard InChI is InChI=1S/C13H18O2/c1-10(11(2)14)12(3)15-9-13-7-5-4-6-8-13/h4-8,10,12H,9H2,1-3H3. The molecule has 1 aromatic carbocycles. The molecular formula is C13H18O2. The van der Waals surface area contributed by atoms with Gasteiger partial charge in [-0.15, -0.1) is 0 Å². The molecular weight excluding hydrogens is 188 g/mol. The summed E-state index contributed by atoms with van der Waals surface area (Å²) in [5.41, 5.74) is 1.14. The Hall–Kier alpha value is -1.15. The average molecular weight is 206 g/mol. The summed E-state index contributed by atoms with van der Waals surface area (Å²) in [6.45, 7) is 6.01. The Balaban J connectivity index is 2.41. The lowest BCUT2D eigenvalue weighted by Gasteiger charge is -2.18. The molecule has 15 heavy (non-hydrogen) atoms. The normalized spacial score (nSPS) is 14.6. The number of ketones is 1. The largest absolute Gasteiger partial charge is 0.373 e. The van der Waals surface area contributed by atoms with E-state index < -0.39 is 0 Å². The van der Waals surface area contributed by atoms with Gasteiger partial charge in [0, 0.05) is 5.92 Å². The predicted octanol–water partition coefficient (Wildman–Crippen LogP) is 2.82. The van der Waals surface area contributed by atoms with E-state index in [9.17, 15) is 4.79 Å². The van der Waals surface area contributed by atoms with E-state index in [2.05, 4.69) is 0 Å². The Bertz CT molecular complexity index is 306. The third-order valence-corrected chi connectivity index (χ3v) is 2.70. The summed E-state index contributed by atoms with van der Waals surface area (Å²) in [7, 11) is 0. The Kier molecular flexibility index (Phi) is 4.50. The van der Waals surface area contributed by atoms with Crippen molar-refractivity contribution in [1.29, 1.82) is 0 Å². The van der Waals surface area contributed by atoms with Crippen molar-refractivity contribution in [1.82, 2.24) is 0 Å². The third-order valence-electron chi connectivity index (χ3n) is 2.70. The van der Waals surface area contributed by atoms with Crippen LogP contribution in [0.1, 0.15) is 26.3 Å². The number of Topliss-reactive ketones (excluding diaryl/α,β-unsaturated/α-hetero) is 1. The van der Waals surface area contributed by atoms with Crippen LogP contribution >= 0.6 is 0 Å². The first-order valence-electron chi connectivity index (χ1n) is 5.27. The minimum Gasteiger partial charge on any atom is -0.373 e. The van der Waals surface area contributed by atoms with Crippen molar-refractivity contribution in [3.63, 3.8) is 0 Å². The van der Waals surface area contributed by atoms with Gasteiger partial charge in [0.1, 0.15) is 5.78 Å². The molecule has 2 nitrogen and oxygen atoms in total. The van der Waals surface area contributed by atoms with Gasteiger partial charge in [-0.2, -0.15) is 0 Å². The predicted molar refractivity (Wildman–Crippen MR) is 60.5 cm³/mol. The Morgan fingerprint density at radius 1 is 1.27 bits per heavy atom. The van der Waals surface area contributed by atoms with Crippen LogP contribution in [0.4, 0.5) is 0 Å². The number of carbonyl (C=O) groups is 1. The van der Waals surface area contributed by atoms with Crippen molar-refractivity contribution in [3.8, 4) is 0 Å². The van der Waals surface area contributed by atoms with Crippen molar-refractivity contribution in [3.05, 3.63) is 35.9 Å². The molecule has 0 saturated carbocycles. The first-order valence-corrected chi connectivity index (χ1v) is 5.27. The second kappa shape index (κ2) is 5.66. The molecule has 0 heterocycles. The minimum atomic E-state index is -0.0336. The zero-order valence-electron chi connectivity index (χ0n) is 9.57. The maximum atomic E-state index is 11.1. The molecule has 0 N–H and O–H groups in total. The molecule has 82 valence electrons. The Morgan fingerprint density at radius 2 is 1.87 bits per heavy atom. The van der Waals surface area contributed by atoms with Crippen LogP contribution in [-0.2, 0) is 16.1 Å². The Morgan fingerprint density at radius 3 is 2.40 bits per heavy atom. The van der Waals surface area contributed by atoms with E-state index in [-0.39, 0.29) is 17.8 Å². The molecule has 0 radical (unpaired) electrons. The maximum Gasteiger partial charge on any atom is 0.135 e. The van der Waals surface area contributed by atoms with E-state index >= 15 is 0 Å². The number of hydrogen-bond donors (Lipinski definition) is 0. The average Bonchev–Trinajstić information content (AvgIpc) is 2.26. The van der Waals surface area contributed by atoms with Crippen LogP contribution in [0.2, 0.25) is 0 Å². The zero-order chi connectivity index (χ0) is 11.3. The second-order valence-electron chi connectivity index (χ2n) is 3.90. The lowest BCUT2D eigenvalue weighted by Crippen LogP contribution is -2.23. The van der Waals surface area contributed by atoms with E-state index in [0.717, 1.165) is 5.56 Å². The molecule has 2 unspecified atom stereocenters. The molecule has 2 atom stereocenters. The Labute approximate surface area is 91.3 Å². The van der Waals surface area contributed by atoms with Gasteiger partial charge in [-0.3, -0.25) is 4.79 Å². The molecule has 0 saturated heterocycles. The minimum absolute atomic E-state index is 0.0253. The van der Waals surface area contributed by atoms with Gasteiger partial charge in [0.15, 0.2) is 0 Å². The smallest absolute Gasteiger partial charge is 0.135 e. The summed E-state index contributed by atoms with van der Waals surface area (Å²) < 4.78 is 5.63. The molecule has 0 aliphatic rings. The van der Waals surface area contributed by atoms with Gasteiger partial charge in [0.2, 0.25) is 0 Å². The molecule has 0 spiro atoms. The number of hydrogen-bond acceptors (Lipinski definition) is 2. The fourth-order valence-electron chi connectivity index (χ4n) is 1.28. The van der Waals surface area contributed by atoms with Crippen molar-refractivity contribution in [2.24, 2.45) is 5.92 Å². The van der Waals surface area contributed by atoms with Crippen LogP contribution in [0.25, 0.3) is 0 Å². The highest BCUT2D eigenvalue weighted by Gasteiger charge is 2.16. The SMILES string of the molecule is CC(=O)C(C)C(C)OCc1ccccc1. The highest BCUT2D eigenvalue weighted by atomic mass is 16.5. The summed E-state index contributed by atoms with van der Waals surface area (Å²) >= 11 is 0. The number of carbonyl (C=O) groups excluding carboxylic acids is 1. The zero-order valence-corrected chi connectivity index (χ0v) is 9.57. The maximum absolute atomic E-state index is 11.1. The molecule has 2 heteroatoms. The summed E-state index contributed by atoms with van der Waals surface area (Å²) in [5, 5.41) is 0. The molecule has 0 fully saturated rings. The number of benzene rings is 1. The third kappa shape index (κ3) is 3.84. The van der Waals surface area contributed by atoms with Gasteiger partial charge >= 0.3 is 0 Å². The van der Waals surface area contributed by atoms with Gasteiger partial charge in [-0.1, -0.05) is 37.3 Å². The fourth-order valence-corrected chi connectivity index (χ4v) is 1.28. The van der Waals surface area contributed by atoms with E-state index in [1.54, 1.807) is 6.92 Å². The van der Waals surface area contributed by atoms with Gasteiger partial charge in [0.05, 0.1) is 12.7 Å². The first-order chi connectivity index (χ1) is 7.11. The molecule has 0 bridgehead atoms. The molecule has 0 aliphatic heterocycles. The van der Waals surface area contributed by atoms with Crippen molar-refractivity contribution in [2.45, 2.75) is 33.5 Å². The molecule has 0 amide bonds. The first kappa shape index (κ1) is 11.9. The van der Waals surface area contributed by atoms with E-state index in [1.807, 2.05) is 44.2 Å². The van der Waals surface area contributed by atoms with Crippen molar-refractivity contribution >= 4 is 5.78 Å². The lowest BCUT2D eigenvalue weighted by molar-refractivity contribution is -0.125. The molecule has 1 aromatic rings. The highest BCUT2D eigenvalue weighted by molar-refractivity contribution is 5.78. The summed E-state index contributed by atoms with van der Waals surface area (Å²) in [4.78, 5) is 11.1. The summed E-state index contributed by atoms with van der Waals surface area (Å²) in [6, 6.07) is 9.98. The molecule has 0 aliphatic carbocycles. The fraction of sp³-hybridized carbons (Fsp3) is 0.462. The van der Waals surface area contributed by atoms with Crippen LogP contribution in [0, 0.1) is 5.92 Å². The van der Waals surface area contributed by atoms with Crippen LogP contribution in [0.3, 0.4) is 0 Å². The van der Waals surface area contributed by atoms with Gasteiger partial charge in [0.25, 0.3) is 0 Å². The quantitative estimate of drug-likeness (QED) is 0.740. The molecule has 1 rings (SSSR count).